The van der Waals surface area contributed by atoms with Gasteiger partial charge in [0.05, 0.1) is 12.7 Å². The van der Waals surface area contributed by atoms with Crippen LogP contribution in [0.2, 0.25) is 0 Å². The number of hydrogen-bond donors (Lipinski definition) is 2. The number of piperidine rings is 1. The highest BCUT2D eigenvalue weighted by Gasteiger charge is 2.14. The van der Waals surface area contributed by atoms with Crippen LogP contribution >= 0.6 is 0 Å². The third kappa shape index (κ3) is 3.90. The van der Waals surface area contributed by atoms with Crippen molar-refractivity contribution < 1.29 is 14.2 Å². The SMILES string of the molecule is OCc1cccc(-c2cnc(COC3CCNCC3)nc2)c1F. The van der Waals surface area contributed by atoms with E-state index in [1.807, 2.05) is 0 Å². The smallest absolute Gasteiger partial charge is 0.153 e. The third-order valence-electron chi connectivity index (χ3n) is 4.00. The number of rotatable bonds is 5. The number of aliphatic hydroxyl groups excluding tert-OH is 1. The first-order valence-corrected chi connectivity index (χ1v) is 7.80. The predicted octanol–water partition coefficient (Wildman–Crippen LogP) is 2.04. The molecule has 1 saturated heterocycles. The van der Waals surface area contributed by atoms with Crippen LogP contribution in [0.15, 0.2) is 30.6 Å². The van der Waals surface area contributed by atoms with Gasteiger partial charge in [0.15, 0.2) is 5.82 Å². The van der Waals surface area contributed by atoms with Gasteiger partial charge in [0.2, 0.25) is 0 Å². The fourth-order valence-corrected chi connectivity index (χ4v) is 2.65. The number of nitrogens with zero attached hydrogens (tertiary/aromatic N) is 2. The van der Waals surface area contributed by atoms with Gasteiger partial charge in [-0.3, -0.25) is 0 Å². The Hall–Kier alpha value is -1.89. The van der Waals surface area contributed by atoms with Crippen LogP contribution in [0.3, 0.4) is 0 Å². The molecule has 0 saturated carbocycles. The molecule has 1 aromatic carbocycles. The second-order valence-corrected chi connectivity index (χ2v) is 5.59. The second-order valence-electron chi connectivity index (χ2n) is 5.59. The lowest BCUT2D eigenvalue weighted by molar-refractivity contribution is 0.0178. The summed E-state index contributed by atoms with van der Waals surface area (Å²) in [5, 5.41) is 12.4. The standard InChI is InChI=1S/C17H20FN3O2/c18-17-12(10-22)2-1-3-15(17)13-8-20-16(21-9-13)11-23-14-4-6-19-7-5-14/h1-3,8-9,14,19,22H,4-7,10-11H2. The van der Waals surface area contributed by atoms with Crippen LogP contribution in [0.1, 0.15) is 24.2 Å². The molecule has 5 nitrogen and oxygen atoms in total. The fourth-order valence-electron chi connectivity index (χ4n) is 2.65. The van der Waals surface area contributed by atoms with E-state index in [9.17, 15) is 4.39 Å². The van der Waals surface area contributed by atoms with E-state index < -0.39 is 5.82 Å². The van der Waals surface area contributed by atoms with Crippen molar-refractivity contribution in [3.05, 3.63) is 47.8 Å². The first-order valence-electron chi connectivity index (χ1n) is 7.80. The molecular weight excluding hydrogens is 297 g/mol. The summed E-state index contributed by atoms with van der Waals surface area (Å²) in [4.78, 5) is 8.51. The molecule has 1 aliphatic heterocycles. The summed E-state index contributed by atoms with van der Waals surface area (Å²) < 4.78 is 20.0. The second kappa shape index (κ2) is 7.59. The summed E-state index contributed by atoms with van der Waals surface area (Å²) >= 11 is 0. The Labute approximate surface area is 134 Å². The molecule has 0 unspecified atom stereocenters. The van der Waals surface area contributed by atoms with Crippen molar-refractivity contribution in [2.24, 2.45) is 0 Å². The molecule has 2 N–H and O–H groups in total. The number of nitrogens with one attached hydrogen (secondary N) is 1. The normalized spacial score (nSPS) is 15.7. The molecule has 0 bridgehead atoms. The Kier molecular flexibility index (Phi) is 5.27. The van der Waals surface area contributed by atoms with E-state index in [1.165, 1.54) is 0 Å². The van der Waals surface area contributed by atoms with Gasteiger partial charge in [-0.15, -0.1) is 0 Å². The lowest BCUT2D eigenvalue weighted by atomic mass is 10.1. The maximum absolute atomic E-state index is 14.2. The van der Waals surface area contributed by atoms with Gasteiger partial charge in [-0.2, -0.15) is 0 Å². The quantitative estimate of drug-likeness (QED) is 0.883. The van der Waals surface area contributed by atoms with Crippen molar-refractivity contribution >= 4 is 0 Å². The van der Waals surface area contributed by atoms with E-state index in [2.05, 4.69) is 15.3 Å². The van der Waals surface area contributed by atoms with Gasteiger partial charge in [-0.05, 0) is 25.9 Å². The van der Waals surface area contributed by atoms with E-state index in [-0.39, 0.29) is 18.3 Å². The molecule has 1 aromatic heterocycles. The molecule has 122 valence electrons. The van der Waals surface area contributed by atoms with Crippen molar-refractivity contribution in [3.63, 3.8) is 0 Å². The Bertz CT molecular complexity index is 643. The summed E-state index contributed by atoms with van der Waals surface area (Å²) in [5.41, 5.74) is 1.24. The van der Waals surface area contributed by atoms with Gasteiger partial charge in [-0.1, -0.05) is 18.2 Å². The molecule has 23 heavy (non-hydrogen) atoms. The molecule has 0 spiro atoms. The molecule has 0 radical (unpaired) electrons. The summed E-state index contributed by atoms with van der Waals surface area (Å²) in [5.74, 6) is 0.156. The minimum absolute atomic E-state index is 0.248. The minimum Gasteiger partial charge on any atom is -0.392 e. The third-order valence-corrected chi connectivity index (χ3v) is 4.00. The van der Waals surface area contributed by atoms with Gasteiger partial charge < -0.3 is 15.2 Å². The summed E-state index contributed by atoms with van der Waals surface area (Å²) in [6, 6.07) is 4.91. The van der Waals surface area contributed by atoms with Gasteiger partial charge >= 0.3 is 0 Å². The van der Waals surface area contributed by atoms with Gasteiger partial charge in [0.25, 0.3) is 0 Å². The van der Waals surface area contributed by atoms with Crippen molar-refractivity contribution in [2.75, 3.05) is 13.1 Å². The number of hydrogen-bond acceptors (Lipinski definition) is 5. The average molecular weight is 317 g/mol. The first kappa shape index (κ1) is 16.0. The van der Waals surface area contributed by atoms with Crippen LogP contribution in [0.25, 0.3) is 11.1 Å². The Morgan fingerprint density at radius 2 is 1.96 bits per heavy atom. The summed E-state index contributed by atoms with van der Waals surface area (Å²) in [6.45, 7) is 1.99. The van der Waals surface area contributed by atoms with E-state index in [0.717, 1.165) is 25.9 Å². The number of ether oxygens (including phenoxy) is 1. The zero-order chi connectivity index (χ0) is 16.1. The molecule has 2 heterocycles. The Balaban J connectivity index is 1.67. The highest BCUT2D eigenvalue weighted by molar-refractivity contribution is 5.63. The largest absolute Gasteiger partial charge is 0.392 e. The van der Waals surface area contributed by atoms with Gasteiger partial charge in [0, 0.05) is 29.1 Å². The van der Waals surface area contributed by atoms with Crippen LogP contribution in [0.4, 0.5) is 4.39 Å². The molecular formula is C17H20FN3O2. The molecule has 0 aliphatic carbocycles. The Morgan fingerprint density at radius 1 is 1.22 bits per heavy atom. The summed E-state index contributed by atoms with van der Waals surface area (Å²) in [7, 11) is 0. The monoisotopic (exact) mass is 317 g/mol. The molecule has 6 heteroatoms. The van der Waals surface area contributed by atoms with Crippen molar-refractivity contribution in [1.82, 2.24) is 15.3 Å². The first-order chi connectivity index (χ1) is 11.3. The van der Waals surface area contributed by atoms with E-state index in [4.69, 9.17) is 9.84 Å². The molecule has 3 rings (SSSR count). The van der Waals surface area contributed by atoms with E-state index in [0.29, 0.717) is 23.6 Å². The maximum atomic E-state index is 14.2. The predicted molar refractivity (Wildman–Crippen MR) is 84.0 cm³/mol. The van der Waals surface area contributed by atoms with E-state index in [1.54, 1.807) is 30.6 Å². The lowest BCUT2D eigenvalue weighted by Crippen LogP contribution is -2.32. The van der Waals surface area contributed by atoms with Crippen LogP contribution in [-0.4, -0.2) is 34.3 Å². The average Bonchev–Trinajstić information content (AvgIpc) is 2.62. The van der Waals surface area contributed by atoms with Crippen LogP contribution in [-0.2, 0) is 18.0 Å². The number of aliphatic hydroxyl groups is 1. The molecule has 2 aromatic rings. The van der Waals surface area contributed by atoms with Crippen LogP contribution in [0.5, 0.6) is 0 Å². The molecule has 1 fully saturated rings. The molecule has 1 aliphatic rings. The minimum atomic E-state index is -0.433. The number of halogens is 1. The van der Waals surface area contributed by atoms with Crippen molar-refractivity contribution in [3.8, 4) is 11.1 Å². The zero-order valence-corrected chi connectivity index (χ0v) is 12.8. The van der Waals surface area contributed by atoms with E-state index >= 15 is 0 Å². The summed E-state index contributed by atoms with van der Waals surface area (Å²) in [6.07, 6.45) is 5.42. The maximum Gasteiger partial charge on any atom is 0.153 e. The lowest BCUT2D eigenvalue weighted by Gasteiger charge is -2.22. The van der Waals surface area contributed by atoms with Crippen LogP contribution < -0.4 is 5.32 Å². The Morgan fingerprint density at radius 3 is 2.65 bits per heavy atom. The van der Waals surface area contributed by atoms with Crippen molar-refractivity contribution in [2.45, 2.75) is 32.2 Å². The van der Waals surface area contributed by atoms with Crippen LogP contribution in [0, 0.1) is 5.82 Å². The topological polar surface area (TPSA) is 67.3 Å². The van der Waals surface area contributed by atoms with Crippen molar-refractivity contribution in [1.29, 1.82) is 0 Å². The van der Waals surface area contributed by atoms with Gasteiger partial charge in [0.1, 0.15) is 12.4 Å². The highest BCUT2D eigenvalue weighted by atomic mass is 19.1. The zero-order valence-electron chi connectivity index (χ0n) is 12.8. The fraction of sp³-hybridized carbons (Fsp3) is 0.412. The molecule has 0 amide bonds. The molecule has 0 atom stereocenters. The number of aromatic nitrogens is 2. The van der Waals surface area contributed by atoms with Gasteiger partial charge in [-0.25, -0.2) is 14.4 Å². The number of benzene rings is 1. The highest BCUT2D eigenvalue weighted by Crippen LogP contribution is 2.24.